The normalized spacial score (nSPS) is 13.8. The monoisotopic (exact) mass is 330 g/mol. The van der Waals surface area contributed by atoms with E-state index in [1.54, 1.807) is 14.2 Å². The van der Waals surface area contributed by atoms with Crippen molar-refractivity contribution in [3.05, 3.63) is 41.5 Å². The van der Waals surface area contributed by atoms with Gasteiger partial charge < -0.3 is 9.47 Å². The number of allylic oxidation sites excluding steroid dienone is 4. The van der Waals surface area contributed by atoms with Crippen LogP contribution < -0.4 is 9.47 Å². The molecule has 0 radical (unpaired) electrons. The molecule has 0 N–H and O–H groups in total. The Morgan fingerprint density at radius 2 is 1.83 bits per heavy atom. The summed E-state index contributed by atoms with van der Waals surface area (Å²) in [6, 6.07) is 6.09. The van der Waals surface area contributed by atoms with E-state index < -0.39 is 0 Å². The zero-order chi connectivity index (χ0) is 17.9. The lowest BCUT2D eigenvalue weighted by Crippen LogP contribution is -2.00. The van der Waals surface area contributed by atoms with Crippen LogP contribution in [-0.2, 0) is 0 Å². The number of rotatable bonds is 10. The van der Waals surface area contributed by atoms with E-state index >= 15 is 0 Å². The van der Waals surface area contributed by atoms with E-state index in [-0.39, 0.29) is 0 Å². The fourth-order valence-corrected chi connectivity index (χ4v) is 2.77. The van der Waals surface area contributed by atoms with Crippen LogP contribution in [0.25, 0.3) is 5.57 Å². The van der Waals surface area contributed by atoms with Gasteiger partial charge in [0.05, 0.1) is 14.2 Å². The molecule has 0 bridgehead atoms. The summed E-state index contributed by atoms with van der Waals surface area (Å²) in [7, 11) is 3.41. The standard InChI is InChI=1S/C22H34O2/c1-7-10-11-18(9-3)12-14-20(17(4)8-2)21-15-13-19(23-5)16-22(21)24-6/h12-17H,7-11H2,1-6H3/b18-12+,20-14+. The fourth-order valence-electron chi connectivity index (χ4n) is 2.77. The molecule has 0 aliphatic carbocycles. The third-order valence-corrected chi connectivity index (χ3v) is 4.67. The molecule has 0 saturated heterocycles. The number of ether oxygens (including phenoxy) is 2. The highest BCUT2D eigenvalue weighted by atomic mass is 16.5. The molecule has 0 saturated carbocycles. The molecule has 1 aromatic carbocycles. The lowest BCUT2D eigenvalue weighted by Gasteiger charge is -2.18. The molecule has 0 amide bonds. The van der Waals surface area contributed by atoms with Crippen LogP contribution in [0.2, 0.25) is 0 Å². The first-order valence-electron chi connectivity index (χ1n) is 9.23. The van der Waals surface area contributed by atoms with E-state index in [1.165, 1.54) is 30.4 Å². The maximum absolute atomic E-state index is 5.62. The van der Waals surface area contributed by atoms with Crippen LogP contribution >= 0.6 is 0 Å². The highest BCUT2D eigenvalue weighted by molar-refractivity contribution is 5.74. The molecule has 134 valence electrons. The fraction of sp³-hybridized carbons (Fsp3) is 0.545. The molecule has 0 aromatic heterocycles. The minimum Gasteiger partial charge on any atom is -0.497 e. The summed E-state index contributed by atoms with van der Waals surface area (Å²) < 4.78 is 10.9. The molecule has 1 atom stereocenters. The number of hydrogen-bond donors (Lipinski definition) is 0. The molecule has 1 rings (SSSR count). The molecule has 1 aromatic rings. The van der Waals surface area contributed by atoms with Gasteiger partial charge in [0.25, 0.3) is 0 Å². The van der Waals surface area contributed by atoms with Crippen molar-refractivity contribution in [2.45, 2.75) is 59.8 Å². The largest absolute Gasteiger partial charge is 0.497 e. The number of unbranched alkanes of at least 4 members (excludes halogenated alkanes) is 1. The average molecular weight is 331 g/mol. The highest BCUT2D eigenvalue weighted by Crippen LogP contribution is 2.35. The van der Waals surface area contributed by atoms with Crippen molar-refractivity contribution in [3.63, 3.8) is 0 Å². The Balaban J connectivity index is 3.27. The summed E-state index contributed by atoms with van der Waals surface area (Å²) in [6.07, 6.45) is 10.5. The molecule has 1 unspecified atom stereocenters. The van der Waals surface area contributed by atoms with Crippen LogP contribution in [0.5, 0.6) is 11.5 Å². The number of methoxy groups -OCH3 is 2. The van der Waals surface area contributed by atoms with Gasteiger partial charge in [-0.3, -0.25) is 0 Å². The molecule has 0 heterocycles. The van der Waals surface area contributed by atoms with Crippen molar-refractivity contribution in [1.82, 2.24) is 0 Å². The minimum atomic E-state index is 0.479. The van der Waals surface area contributed by atoms with Gasteiger partial charge in [0.2, 0.25) is 0 Å². The van der Waals surface area contributed by atoms with Gasteiger partial charge in [0, 0.05) is 11.6 Å². The van der Waals surface area contributed by atoms with Crippen LogP contribution in [0, 0.1) is 5.92 Å². The Kier molecular flexibility index (Phi) is 9.29. The Hall–Kier alpha value is -1.70. The van der Waals surface area contributed by atoms with E-state index in [9.17, 15) is 0 Å². The molecular formula is C22H34O2. The molecule has 0 spiro atoms. The number of hydrogen-bond acceptors (Lipinski definition) is 2. The molecule has 0 fully saturated rings. The maximum Gasteiger partial charge on any atom is 0.130 e. The average Bonchev–Trinajstić information content (AvgIpc) is 2.63. The topological polar surface area (TPSA) is 18.5 Å². The van der Waals surface area contributed by atoms with E-state index in [0.29, 0.717) is 5.92 Å². The Morgan fingerprint density at radius 3 is 2.38 bits per heavy atom. The third kappa shape index (κ3) is 5.74. The van der Waals surface area contributed by atoms with Gasteiger partial charge in [-0.1, -0.05) is 51.8 Å². The maximum atomic E-state index is 5.62. The Bertz CT molecular complexity index is 555. The van der Waals surface area contributed by atoms with Crippen molar-refractivity contribution >= 4 is 5.57 Å². The zero-order valence-electron chi connectivity index (χ0n) is 16.3. The van der Waals surface area contributed by atoms with Gasteiger partial charge in [-0.25, -0.2) is 0 Å². The molecule has 0 aliphatic rings. The minimum absolute atomic E-state index is 0.479. The van der Waals surface area contributed by atoms with Gasteiger partial charge in [0.1, 0.15) is 11.5 Å². The molecule has 0 aliphatic heterocycles. The Morgan fingerprint density at radius 1 is 1.08 bits per heavy atom. The predicted octanol–water partition coefficient (Wildman–Crippen LogP) is 6.66. The smallest absolute Gasteiger partial charge is 0.130 e. The predicted molar refractivity (Wildman–Crippen MR) is 105 cm³/mol. The van der Waals surface area contributed by atoms with Crippen LogP contribution in [0.15, 0.2) is 35.9 Å². The van der Waals surface area contributed by atoms with Crippen molar-refractivity contribution in [1.29, 1.82) is 0 Å². The summed E-state index contributed by atoms with van der Waals surface area (Å²) in [5.41, 5.74) is 4.01. The summed E-state index contributed by atoms with van der Waals surface area (Å²) in [5.74, 6) is 2.18. The van der Waals surface area contributed by atoms with Crippen molar-refractivity contribution < 1.29 is 9.47 Å². The first kappa shape index (κ1) is 20.3. The second-order valence-electron chi connectivity index (χ2n) is 6.28. The summed E-state index contributed by atoms with van der Waals surface area (Å²) in [5, 5.41) is 0. The van der Waals surface area contributed by atoms with Crippen LogP contribution in [0.4, 0.5) is 0 Å². The SMILES string of the molecule is CCCC/C(=C/C=C(/c1ccc(OC)cc1OC)C(C)CC)CC. The van der Waals surface area contributed by atoms with Gasteiger partial charge in [-0.05, 0) is 49.3 Å². The van der Waals surface area contributed by atoms with E-state index in [0.717, 1.165) is 29.9 Å². The quantitative estimate of drug-likeness (QED) is 0.447. The summed E-state index contributed by atoms with van der Waals surface area (Å²) >= 11 is 0. The van der Waals surface area contributed by atoms with Crippen LogP contribution in [-0.4, -0.2) is 14.2 Å². The second-order valence-corrected chi connectivity index (χ2v) is 6.28. The van der Waals surface area contributed by atoms with E-state index in [4.69, 9.17) is 9.47 Å². The van der Waals surface area contributed by atoms with Gasteiger partial charge in [-0.15, -0.1) is 0 Å². The van der Waals surface area contributed by atoms with Gasteiger partial charge in [-0.2, -0.15) is 0 Å². The zero-order valence-corrected chi connectivity index (χ0v) is 16.3. The van der Waals surface area contributed by atoms with E-state index in [1.807, 2.05) is 12.1 Å². The highest BCUT2D eigenvalue weighted by Gasteiger charge is 2.14. The lowest BCUT2D eigenvalue weighted by molar-refractivity contribution is 0.393. The van der Waals surface area contributed by atoms with Crippen molar-refractivity contribution in [2.24, 2.45) is 5.92 Å². The van der Waals surface area contributed by atoms with Crippen molar-refractivity contribution in [2.75, 3.05) is 14.2 Å². The third-order valence-electron chi connectivity index (χ3n) is 4.67. The van der Waals surface area contributed by atoms with Gasteiger partial charge >= 0.3 is 0 Å². The van der Waals surface area contributed by atoms with Crippen molar-refractivity contribution in [3.8, 4) is 11.5 Å². The van der Waals surface area contributed by atoms with E-state index in [2.05, 4.69) is 45.9 Å². The summed E-state index contributed by atoms with van der Waals surface area (Å²) in [6.45, 7) is 9.00. The lowest BCUT2D eigenvalue weighted by atomic mass is 9.90. The number of benzene rings is 1. The van der Waals surface area contributed by atoms with Gasteiger partial charge in [0.15, 0.2) is 0 Å². The summed E-state index contributed by atoms with van der Waals surface area (Å²) in [4.78, 5) is 0. The molecule has 2 nitrogen and oxygen atoms in total. The second kappa shape index (κ2) is 11.0. The van der Waals surface area contributed by atoms with Crippen LogP contribution in [0.3, 0.4) is 0 Å². The first-order chi connectivity index (χ1) is 11.6. The Labute approximate surface area is 148 Å². The molecule has 24 heavy (non-hydrogen) atoms. The van der Waals surface area contributed by atoms with Crippen LogP contribution in [0.1, 0.15) is 65.4 Å². The molecular weight excluding hydrogens is 296 g/mol. The molecule has 2 heteroatoms. The first-order valence-corrected chi connectivity index (χ1v) is 9.23.